The average Bonchev–Trinajstić information content (AvgIpc) is 2.42. The van der Waals surface area contributed by atoms with Crippen molar-refractivity contribution in [1.82, 2.24) is 0 Å². The van der Waals surface area contributed by atoms with Crippen molar-refractivity contribution in [3.8, 4) is 5.75 Å². The van der Waals surface area contributed by atoms with Crippen molar-refractivity contribution in [3.05, 3.63) is 29.3 Å². The Morgan fingerprint density at radius 2 is 1.95 bits per heavy atom. The lowest BCUT2D eigenvalue weighted by atomic mass is 9.85. The summed E-state index contributed by atoms with van der Waals surface area (Å²) in [6.45, 7) is 2.34. The highest BCUT2D eigenvalue weighted by molar-refractivity contribution is 6.32. The molecule has 1 aromatic carbocycles. The molecule has 1 atom stereocenters. The summed E-state index contributed by atoms with van der Waals surface area (Å²) in [6, 6.07) is 7.65. The molecule has 3 rings (SSSR count). The maximum Gasteiger partial charge on any atom is 0.138 e. The highest BCUT2D eigenvalue weighted by Crippen LogP contribution is 2.36. The smallest absolute Gasteiger partial charge is 0.138 e. The molecule has 19 heavy (non-hydrogen) atoms. The Bertz CT molecular complexity index is 424. The van der Waals surface area contributed by atoms with Gasteiger partial charge in [-0.25, -0.2) is 0 Å². The van der Waals surface area contributed by atoms with E-state index in [1.54, 1.807) is 0 Å². The standard InChI is InChI=1S/C15H19ClO3/c16-13-3-1-2-4-14(13)19-12-5-8-18-15(11-12)6-9-17-10-7-15/h1-4,12H,5-11H2. The van der Waals surface area contributed by atoms with Crippen molar-refractivity contribution >= 4 is 11.6 Å². The van der Waals surface area contributed by atoms with Crippen LogP contribution in [0.2, 0.25) is 5.02 Å². The molecule has 1 aromatic rings. The number of ether oxygens (including phenoxy) is 3. The van der Waals surface area contributed by atoms with Crippen molar-refractivity contribution < 1.29 is 14.2 Å². The van der Waals surface area contributed by atoms with Gasteiger partial charge in [-0.3, -0.25) is 0 Å². The van der Waals surface area contributed by atoms with Crippen LogP contribution >= 0.6 is 11.6 Å². The van der Waals surface area contributed by atoms with E-state index in [2.05, 4.69) is 0 Å². The van der Waals surface area contributed by atoms with Crippen LogP contribution in [-0.2, 0) is 9.47 Å². The number of halogens is 1. The predicted molar refractivity (Wildman–Crippen MR) is 73.8 cm³/mol. The van der Waals surface area contributed by atoms with Crippen molar-refractivity contribution in [2.45, 2.75) is 37.4 Å². The third-order valence-corrected chi connectivity index (χ3v) is 4.29. The molecule has 0 aliphatic carbocycles. The van der Waals surface area contributed by atoms with Gasteiger partial charge < -0.3 is 14.2 Å². The van der Waals surface area contributed by atoms with E-state index in [9.17, 15) is 0 Å². The summed E-state index contributed by atoms with van der Waals surface area (Å²) < 4.78 is 17.5. The molecule has 1 unspecified atom stereocenters. The highest BCUT2D eigenvalue weighted by Gasteiger charge is 2.39. The van der Waals surface area contributed by atoms with Gasteiger partial charge in [0, 0.05) is 26.1 Å². The Kier molecular flexibility index (Phi) is 3.96. The van der Waals surface area contributed by atoms with E-state index >= 15 is 0 Å². The summed E-state index contributed by atoms with van der Waals surface area (Å²) in [4.78, 5) is 0. The summed E-state index contributed by atoms with van der Waals surface area (Å²) in [6.07, 6.45) is 3.98. The summed E-state index contributed by atoms with van der Waals surface area (Å²) >= 11 is 6.14. The fraction of sp³-hybridized carbons (Fsp3) is 0.600. The first-order valence-electron chi connectivity index (χ1n) is 6.90. The maximum atomic E-state index is 6.14. The molecule has 0 N–H and O–H groups in total. The van der Waals surface area contributed by atoms with Crippen molar-refractivity contribution in [2.24, 2.45) is 0 Å². The second kappa shape index (κ2) is 5.70. The van der Waals surface area contributed by atoms with Crippen LogP contribution in [0.4, 0.5) is 0 Å². The second-order valence-electron chi connectivity index (χ2n) is 5.31. The van der Waals surface area contributed by atoms with Crippen molar-refractivity contribution in [2.75, 3.05) is 19.8 Å². The van der Waals surface area contributed by atoms with E-state index in [0.717, 1.165) is 51.3 Å². The minimum Gasteiger partial charge on any atom is -0.489 e. The Hall–Kier alpha value is -0.770. The molecule has 0 amide bonds. The molecule has 104 valence electrons. The number of hydrogen-bond acceptors (Lipinski definition) is 3. The largest absolute Gasteiger partial charge is 0.489 e. The summed E-state index contributed by atoms with van der Waals surface area (Å²) in [7, 11) is 0. The van der Waals surface area contributed by atoms with Crippen LogP contribution in [0.15, 0.2) is 24.3 Å². The first kappa shape index (κ1) is 13.2. The normalized spacial score (nSPS) is 26.3. The molecule has 2 aliphatic rings. The predicted octanol–water partition coefficient (Wildman–Crippen LogP) is 3.45. The maximum absolute atomic E-state index is 6.14. The van der Waals surface area contributed by atoms with E-state index in [-0.39, 0.29) is 11.7 Å². The van der Waals surface area contributed by atoms with E-state index < -0.39 is 0 Å². The van der Waals surface area contributed by atoms with E-state index in [1.807, 2.05) is 24.3 Å². The molecule has 4 heteroatoms. The highest BCUT2D eigenvalue weighted by atomic mass is 35.5. The molecule has 2 saturated heterocycles. The zero-order chi connectivity index (χ0) is 13.1. The molecule has 0 aromatic heterocycles. The van der Waals surface area contributed by atoms with Gasteiger partial charge >= 0.3 is 0 Å². The molecule has 2 aliphatic heterocycles. The van der Waals surface area contributed by atoms with Crippen LogP contribution in [-0.4, -0.2) is 31.5 Å². The lowest BCUT2D eigenvalue weighted by Gasteiger charge is -2.43. The second-order valence-corrected chi connectivity index (χ2v) is 5.71. The molecule has 0 radical (unpaired) electrons. The van der Waals surface area contributed by atoms with Crippen LogP contribution < -0.4 is 4.74 Å². The Labute approximate surface area is 118 Å². The number of rotatable bonds is 2. The SMILES string of the molecule is Clc1ccccc1OC1CCOC2(CCOCC2)C1. The lowest BCUT2D eigenvalue weighted by Crippen LogP contribution is -2.47. The van der Waals surface area contributed by atoms with Crippen LogP contribution in [0.1, 0.15) is 25.7 Å². The van der Waals surface area contributed by atoms with Gasteiger partial charge in [0.1, 0.15) is 11.9 Å². The third kappa shape index (κ3) is 3.04. The van der Waals surface area contributed by atoms with E-state index in [4.69, 9.17) is 25.8 Å². The fourth-order valence-electron chi connectivity index (χ4n) is 2.90. The van der Waals surface area contributed by atoms with Gasteiger partial charge in [-0.1, -0.05) is 23.7 Å². The van der Waals surface area contributed by atoms with Crippen LogP contribution in [0.3, 0.4) is 0 Å². The minimum atomic E-state index is -0.0393. The van der Waals surface area contributed by atoms with Gasteiger partial charge in [0.25, 0.3) is 0 Å². The zero-order valence-corrected chi connectivity index (χ0v) is 11.7. The lowest BCUT2D eigenvalue weighted by molar-refractivity contribution is -0.155. The van der Waals surface area contributed by atoms with Gasteiger partial charge in [0.2, 0.25) is 0 Å². The monoisotopic (exact) mass is 282 g/mol. The number of benzene rings is 1. The van der Waals surface area contributed by atoms with Gasteiger partial charge in [0.05, 0.1) is 17.2 Å². The van der Waals surface area contributed by atoms with Crippen molar-refractivity contribution in [3.63, 3.8) is 0 Å². The summed E-state index contributed by atoms with van der Waals surface area (Å²) in [5, 5.41) is 0.676. The summed E-state index contributed by atoms with van der Waals surface area (Å²) in [5.41, 5.74) is -0.0393. The molecular weight excluding hydrogens is 264 g/mol. The fourth-order valence-corrected chi connectivity index (χ4v) is 3.08. The van der Waals surface area contributed by atoms with Crippen LogP contribution in [0.25, 0.3) is 0 Å². The first-order valence-corrected chi connectivity index (χ1v) is 7.28. The summed E-state index contributed by atoms with van der Waals surface area (Å²) in [5.74, 6) is 0.776. The molecule has 3 nitrogen and oxygen atoms in total. The molecule has 0 saturated carbocycles. The zero-order valence-electron chi connectivity index (χ0n) is 10.9. The average molecular weight is 283 g/mol. The van der Waals surface area contributed by atoms with Crippen LogP contribution in [0, 0.1) is 0 Å². The Morgan fingerprint density at radius 3 is 2.74 bits per heavy atom. The number of para-hydroxylation sites is 1. The van der Waals surface area contributed by atoms with Gasteiger partial charge in [-0.15, -0.1) is 0 Å². The van der Waals surface area contributed by atoms with Gasteiger partial charge in [0.15, 0.2) is 0 Å². The Morgan fingerprint density at radius 1 is 1.16 bits per heavy atom. The molecule has 1 spiro atoms. The molecule has 2 fully saturated rings. The van der Waals surface area contributed by atoms with Crippen molar-refractivity contribution in [1.29, 1.82) is 0 Å². The van der Waals surface area contributed by atoms with Gasteiger partial charge in [-0.2, -0.15) is 0 Å². The quantitative estimate of drug-likeness (QED) is 0.831. The van der Waals surface area contributed by atoms with Gasteiger partial charge in [-0.05, 0) is 25.0 Å². The molecule has 0 bridgehead atoms. The van der Waals surface area contributed by atoms with Crippen LogP contribution in [0.5, 0.6) is 5.75 Å². The molecular formula is C15H19ClO3. The Balaban J connectivity index is 1.67. The number of hydrogen-bond donors (Lipinski definition) is 0. The van der Waals surface area contributed by atoms with E-state index in [1.165, 1.54) is 0 Å². The third-order valence-electron chi connectivity index (χ3n) is 3.98. The topological polar surface area (TPSA) is 27.7 Å². The molecule has 2 heterocycles. The van der Waals surface area contributed by atoms with E-state index in [0.29, 0.717) is 5.02 Å². The first-order chi connectivity index (χ1) is 9.27. The minimum absolute atomic E-state index is 0.0393.